The number of benzene rings is 2. The van der Waals surface area contributed by atoms with Gasteiger partial charge in [0.05, 0.1) is 5.56 Å². The van der Waals surface area contributed by atoms with E-state index >= 15 is 0 Å². The Morgan fingerprint density at radius 2 is 1.80 bits per heavy atom. The fourth-order valence-corrected chi connectivity index (χ4v) is 1.76. The molecule has 0 spiro atoms. The summed E-state index contributed by atoms with van der Waals surface area (Å²) in [4.78, 5) is 23.6. The van der Waals surface area contributed by atoms with Crippen molar-refractivity contribution in [1.29, 1.82) is 0 Å². The molecule has 5 nitrogen and oxygen atoms in total. The van der Waals surface area contributed by atoms with Crippen molar-refractivity contribution < 1.29 is 9.59 Å². The first-order valence-corrected chi connectivity index (χ1v) is 6.10. The molecule has 0 unspecified atom stereocenters. The third-order valence-corrected chi connectivity index (χ3v) is 2.71. The highest BCUT2D eigenvalue weighted by atomic mass is 16.2. The van der Waals surface area contributed by atoms with Crippen LogP contribution >= 0.6 is 0 Å². The van der Waals surface area contributed by atoms with Gasteiger partial charge in [0.2, 0.25) is 0 Å². The van der Waals surface area contributed by atoms with E-state index in [2.05, 4.69) is 10.6 Å². The van der Waals surface area contributed by atoms with Crippen molar-refractivity contribution in [3.05, 3.63) is 59.7 Å². The SMILES string of the molecule is Cc1cccc(NC(=O)NC(=O)c2ccccc2N)c1. The van der Waals surface area contributed by atoms with Crippen molar-refractivity contribution in [2.24, 2.45) is 0 Å². The summed E-state index contributed by atoms with van der Waals surface area (Å²) in [7, 11) is 0. The highest BCUT2D eigenvalue weighted by Gasteiger charge is 2.12. The molecule has 0 radical (unpaired) electrons. The van der Waals surface area contributed by atoms with Gasteiger partial charge in [-0.15, -0.1) is 0 Å². The Morgan fingerprint density at radius 1 is 1.05 bits per heavy atom. The van der Waals surface area contributed by atoms with Crippen LogP contribution in [0.5, 0.6) is 0 Å². The summed E-state index contributed by atoms with van der Waals surface area (Å²) < 4.78 is 0. The lowest BCUT2D eigenvalue weighted by atomic mass is 10.2. The molecule has 0 aliphatic rings. The summed E-state index contributed by atoms with van der Waals surface area (Å²) in [5, 5.41) is 4.83. The lowest BCUT2D eigenvalue weighted by Crippen LogP contribution is -2.34. The number of nitrogens with two attached hydrogens (primary N) is 1. The highest BCUT2D eigenvalue weighted by Crippen LogP contribution is 2.11. The van der Waals surface area contributed by atoms with E-state index in [1.807, 2.05) is 19.1 Å². The van der Waals surface area contributed by atoms with Gasteiger partial charge in [0, 0.05) is 11.4 Å². The summed E-state index contributed by atoms with van der Waals surface area (Å²) in [5.74, 6) is -0.534. The molecule has 0 aliphatic heterocycles. The van der Waals surface area contributed by atoms with E-state index in [4.69, 9.17) is 5.73 Å². The summed E-state index contributed by atoms with van der Waals surface area (Å²) in [6.07, 6.45) is 0. The van der Waals surface area contributed by atoms with Crippen molar-refractivity contribution >= 4 is 23.3 Å². The second kappa shape index (κ2) is 5.88. The summed E-state index contributed by atoms with van der Waals surface area (Å²) >= 11 is 0. The first-order chi connectivity index (χ1) is 9.56. The summed E-state index contributed by atoms with van der Waals surface area (Å²) in [5.41, 5.74) is 7.91. The van der Waals surface area contributed by atoms with Gasteiger partial charge in [-0.25, -0.2) is 4.79 Å². The summed E-state index contributed by atoms with van der Waals surface area (Å²) in [6, 6.07) is 13.3. The fourth-order valence-electron chi connectivity index (χ4n) is 1.76. The van der Waals surface area contributed by atoms with E-state index in [9.17, 15) is 9.59 Å². The molecule has 0 bridgehead atoms. The van der Waals surface area contributed by atoms with Gasteiger partial charge in [0.1, 0.15) is 0 Å². The zero-order valence-corrected chi connectivity index (χ0v) is 11.0. The minimum absolute atomic E-state index is 0.270. The number of carbonyl (C=O) groups is 2. The molecular formula is C15H15N3O2. The number of aryl methyl sites for hydroxylation is 1. The van der Waals surface area contributed by atoms with E-state index < -0.39 is 11.9 Å². The molecule has 4 N–H and O–H groups in total. The van der Waals surface area contributed by atoms with Crippen LogP contribution in [0.2, 0.25) is 0 Å². The normalized spacial score (nSPS) is 9.85. The summed E-state index contributed by atoms with van der Waals surface area (Å²) in [6.45, 7) is 1.92. The van der Waals surface area contributed by atoms with E-state index in [-0.39, 0.29) is 5.56 Å². The Balaban J connectivity index is 2.02. The predicted octanol–water partition coefficient (Wildman–Crippen LogP) is 2.54. The van der Waals surface area contributed by atoms with Crippen LogP contribution in [-0.4, -0.2) is 11.9 Å². The molecule has 2 aromatic rings. The second-order valence-corrected chi connectivity index (χ2v) is 4.36. The Morgan fingerprint density at radius 3 is 2.50 bits per heavy atom. The molecule has 0 fully saturated rings. The first kappa shape index (κ1) is 13.6. The number of rotatable bonds is 2. The van der Waals surface area contributed by atoms with Crippen LogP contribution in [0, 0.1) is 6.92 Å². The number of hydrogen-bond donors (Lipinski definition) is 3. The number of urea groups is 1. The third kappa shape index (κ3) is 3.35. The molecular weight excluding hydrogens is 254 g/mol. The van der Waals surface area contributed by atoms with E-state index in [1.165, 1.54) is 0 Å². The molecule has 0 aliphatic carbocycles. The molecule has 0 aromatic heterocycles. The minimum Gasteiger partial charge on any atom is -0.398 e. The Labute approximate surface area is 116 Å². The molecule has 5 heteroatoms. The van der Waals surface area contributed by atoms with Crippen LogP contribution < -0.4 is 16.4 Å². The Hall–Kier alpha value is -2.82. The monoisotopic (exact) mass is 269 g/mol. The fraction of sp³-hybridized carbons (Fsp3) is 0.0667. The van der Waals surface area contributed by atoms with Crippen molar-refractivity contribution in [3.63, 3.8) is 0 Å². The zero-order valence-electron chi connectivity index (χ0n) is 11.0. The zero-order chi connectivity index (χ0) is 14.5. The average Bonchev–Trinajstić information content (AvgIpc) is 2.38. The molecule has 2 rings (SSSR count). The minimum atomic E-state index is -0.594. The van der Waals surface area contributed by atoms with Gasteiger partial charge >= 0.3 is 6.03 Å². The molecule has 0 saturated carbocycles. The van der Waals surface area contributed by atoms with Crippen LogP contribution in [0.15, 0.2) is 48.5 Å². The number of nitrogens with one attached hydrogen (secondary N) is 2. The molecule has 0 saturated heterocycles. The number of nitrogen functional groups attached to an aromatic ring is 1. The third-order valence-electron chi connectivity index (χ3n) is 2.71. The molecule has 2 aromatic carbocycles. The van der Waals surface area contributed by atoms with E-state index in [0.717, 1.165) is 5.56 Å². The van der Waals surface area contributed by atoms with Gasteiger partial charge in [-0.1, -0.05) is 24.3 Å². The number of anilines is 2. The number of imide groups is 1. The van der Waals surface area contributed by atoms with Crippen molar-refractivity contribution in [2.75, 3.05) is 11.1 Å². The topological polar surface area (TPSA) is 84.2 Å². The van der Waals surface area contributed by atoms with Crippen molar-refractivity contribution in [3.8, 4) is 0 Å². The van der Waals surface area contributed by atoms with E-state index in [0.29, 0.717) is 11.4 Å². The van der Waals surface area contributed by atoms with Gasteiger partial charge in [-0.3, -0.25) is 10.1 Å². The number of carbonyl (C=O) groups excluding carboxylic acids is 2. The molecule has 0 atom stereocenters. The second-order valence-electron chi connectivity index (χ2n) is 4.36. The van der Waals surface area contributed by atoms with Crippen LogP contribution in [0.3, 0.4) is 0 Å². The largest absolute Gasteiger partial charge is 0.398 e. The lowest BCUT2D eigenvalue weighted by Gasteiger charge is -2.08. The number of para-hydroxylation sites is 1. The van der Waals surface area contributed by atoms with E-state index in [1.54, 1.807) is 36.4 Å². The molecule has 20 heavy (non-hydrogen) atoms. The maximum absolute atomic E-state index is 11.9. The van der Waals surface area contributed by atoms with Gasteiger partial charge in [0.15, 0.2) is 0 Å². The first-order valence-electron chi connectivity index (χ1n) is 6.10. The standard InChI is InChI=1S/C15H15N3O2/c1-10-5-4-6-11(9-10)17-15(20)18-14(19)12-7-2-3-8-13(12)16/h2-9H,16H2,1H3,(H2,17,18,19,20). The molecule has 102 valence electrons. The molecule has 3 amide bonds. The van der Waals surface area contributed by atoms with Gasteiger partial charge < -0.3 is 11.1 Å². The number of hydrogen-bond acceptors (Lipinski definition) is 3. The Kier molecular flexibility index (Phi) is 4.00. The predicted molar refractivity (Wildman–Crippen MR) is 78.5 cm³/mol. The van der Waals surface area contributed by atoms with Crippen LogP contribution in [0.25, 0.3) is 0 Å². The lowest BCUT2D eigenvalue weighted by molar-refractivity contribution is 0.0968. The van der Waals surface area contributed by atoms with Gasteiger partial charge in [0.25, 0.3) is 5.91 Å². The van der Waals surface area contributed by atoms with Gasteiger partial charge in [-0.05, 0) is 36.8 Å². The molecule has 0 heterocycles. The Bertz CT molecular complexity index is 653. The maximum Gasteiger partial charge on any atom is 0.326 e. The maximum atomic E-state index is 11.9. The number of amides is 3. The van der Waals surface area contributed by atoms with Crippen LogP contribution in [-0.2, 0) is 0 Å². The van der Waals surface area contributed by atoms with Crippen molar-refractivity contribution in [1.82, 2.24) is 5.32 Å². The van der Waals surface area contributed by atoms with Crippen LogP contribution in [0.4, 0.5) is 16.2 Å². The van der Waals surface area contributed by atoms with Crippen LogP contribution in [0.1, 0.15) is 15.9 Å². The van der Waals surface area contributed by atoms with Crippen molar-refractivity contribution in [2.45, 2.75) is 6.92 Å². The highest BCUT2D eigenvalue weighted by molar-refractivity contribution is 6.10. The average molecular weight is 269 g/mol. The smallest absolute Gasteiger partial charge is 0.326 e. The quantitative estimate of drug-likeness (QED) is 0.732. The van der Waals surface area contributed by atoms with Gasteiger partial charge in [-0.2, -0.15) is 0 Å².